The van der Waals surface area contributed by atoms with Crippen molar-refractivity contribution in [2.75, 3.05) is 32.8 Å². The molecule has 2 aliphatic rings. The second-order valence-electron chi connectivity index (χ2n) is 5.15. The highest BCUT2D eigenvalue weighted by atomic mass is 16.5. The van der Waals surface area contributed by atoms with Gasteiger partial charge >= 0.3 is 0 Å². The molecule has 1 aromatic rings. The van der Waals surface area contributed by atoms with Gasteiger partial charge in [-0.2, -0.15) is 0 Å². The molecule has 0 aliphatic carbocycles. The number of rotatable bonds is 1. The Bertz CT molecular complexity index is 428. The van der Waals surface area contributed by atoms with Gasteiger partial charge in [0, 0.05) is 26.1 Å². The number of hydrogen-bond donors (Lipinski definition) is 2. The zero-order chi connectivity index (χ0) is 12.4. The van der Waals surface area contributed by atoms with Crippen LogP contribution >= 0.6 is 0 Å². The van der Waals surface area contributed by atoms with Gasteiger partial charge in [-0.15, -0.1) is 0 Å². The van der Waals surface area contributed by atoms with Gasteiger partial charge in [0.05, 0.1) is 18.8 Å². The molecule has 0 spiro atoms. The molecule has 2 heterocycles. The van der Waals surface area contributed by atoms with Crippen molar-refractivity contribution in [3.63, 3.8) is 0 Å². The molecule has 1 aromatic carbocycles. The Morgan fingerprint density at radius 1 is 1.11 bits per heavy atom. The van der Waals surface area contributed by atoms with Crippen molar-refractivity contribution in [3.8, 4) is 11.5 Å². The standard InChI is InChI=1S/C14H20N2O2/c1-14(10-15-5-6-16-14)11-3-4-12-13(9-11)18-8-2-7-17-12/h3-4,9,15-16H,2,5-8,10H2,1H3. The topological polar surface area (TPSA) is 42.5 Å². The van der Waals surface area contributed by atoms with Crippen LogP contribution in [0.4, 0.5) is 0 Å². The SMILES string of the molecule is CC1(c2ccc3c(c2)OCCCO3)CNCCN1. The van der Waals surface area contributed by atoms with E-state index in [0.717, 1.165) is 50.8 Å². The average molecular weight is 248 g/mol. The second kappa shape index (κ2) is 4.78. The largest absolute Gasteiger partial charge is 0.490 e. The molecule has 1 atom stereocenters. The van der Waals surface area contributed by atoms with Crippen LogP contribution in [-0.4, -0.2) is 32.8 Å². The first-order chi connectivity index (χ1) is 8.78. The summed E-state index contributed by atoms with van der Waals surface area (Å²) in [5.41, 5.74) is 1.22. The summed E-state index contributed by atoms with van der Waals surface area (Å²) in [6.07, 6.45) is 0.946. The fourth-order valence-electron chi connectivity index (χ4n) is 2.54. The minimum absolute atomic E-state index is 0.0249. The molecule has 0 radical (unpaired) electrons. The van der Waals surface area contributed by atoms with E-state index in [1.807, 2.05) is 6.07 Å². The molecule has 0 saturated carbocycles. The molecule has 0 bridgehead atoms. The fraction of sp³-hybridized carbons (Fsp3) is 0.571. The maximum absolute atomic E-state index is 5.75. The lowest BCUT2D eigenvalue weighted by Crippen LogP contribution is -2.54. The van der Waals surface area contributed by atoms with Crippen LogP contribution in [-0.2, 0) is 5.54 Å². The molecular weight excluding hydrogens is 228 g/mol. The first kappa shape index (κ1) is 11.8. The predicted octanol–water partition coefficient (Wildman–Crippen LogP) is 1.26. The van der Waals surface area contributed by atoms with E-state index in [2.05, 4.69) is 29.7 Å². The van der Waals surface area contributed by atoms with Crippen LogP contribution in [0.3, 0.4) is 0 Å². The predicted molar refractivity (Wildman–Crippen MR) is 70.3 cm³/mol. The molecule has 2 N–H and O–H groups in total. The van der Waals surface area contributed by atoms with E-state index in [0.29, 0.717) is 0 Å². The zero-order valence-corrected chi connectivity index (χ0v) is 10.8. The minimum Gasteiger partial charge on any atom is -0.490 e. The molecule has 3 rings (SSSR count). The van der Waals surface area contributed by atoms with Gasteiger partial charge in [0.15, 0.2) is 11.5 Å². The molecule has 4 nitrogen and oxygen atoms in total. The van der Waals surface area contributed by atoms with Gasteiger partial charge in [0.1, 0.15) is 0 Å². The third-order valence-corrected chi connectivity index (χ3v) is 3.68. The van der Waals surface area contributed by atoms with Crippen LogP contribution in [0.1, 0.15) is 18.9 Å². The monoisotopic (exact) mass is 248 g/mol. The van der Waals surface area contributed by atoms with Crippen molar-refractivity contribution in [2.24, 2.45) is 0 Å². The van der Waals surface area contributed by atoms with E-state index < -0.39 is 0 Å². The summed E-state index contributed by atoms with van der Waals surface area (Å²) in [5.74, 6) is 1.74. The van der Waals surface area contributed by atoms with Crippen LogP contribution in [0, 0.1) is 0 Å². The maximum atomic E-state index is 5.75. The summed E-state index contributed by atoms with van der Waals surface area (Å²) < 4.78 is 11.4. The first-order valence-electron chi connectivity index (χ1n) is 6.64. The number of ether oxygens (including phenoxy) is 2. The smallest absolute Gasteiger partial charge is 0.161 e. The summed E-state index contributed by atoms with van der Waals surface area (Å²) in [5, 5.41) is 7.01. The Hall–Kier alpha value is -1.26. The van der Waals surface area contributed by atoms with Crippen molar-refractivity contribution in [1.29, 1.82) is 0 Å². The van der Waals surface area contributed by atoms with E-state index in [9.17, 15) is 0 Å². The first-order valence-corrected chi connectivity index (χ1v) is 6.64. The zero-order valence-electron chi connectivity index (χ0n) is 10.8. The van der Waals surface area contributed by atoms with Gasteiger partial charge < -0.3 is 20.1 Å². The minimum atomic E-state index is -0.0249. The molecular formula is C14H20N2O2. The number of fused-ring (bicyclic) bond motifs is 1. The normalized spacial score (nSPS) is 27.6. The van der Waals surface area contributed by atoms with E-state index in [4.69, 9.17) is 9.47 Å². The van der Waals surface area contributed by atoms with Crippen molar-refractivity contribution in [2.45, 2.75) is 18.9 Å². The summed E-state index contributed by atoms with van der Waals surface area (Å²) in [6.45, 7) is 6.65. The molecule has 4 heteroatoms. The fourth-order valence-corrected chi connectivity index (χ4v) is 2.54. The van der Waals surface area contributed by atoms with Crippen LogP contribution in [0.25, 0.3) is 0 Å². The molecule has 2 aliphatic heterocycles. The molecule has 1 saturated heterocycles. The average Bonchev–Trinajstić information content (AvgIpc) is 2.64. The van der Waals surface area contributed by atoms with Gasteiger partial charge in [-0.05, 0) is 24.6 Å². The van der Waals surface area contributed by atoms with Gasteiger partial charge in [-0.25, -0.2) is 0 Å². The summed E-state index contributed by atoms with van der Waals surface area (Å²) in [6, 6.07) is 6.27. The Morgan fingerprint density at radius 2 is 1.94 bits per heavy atom. The highest BCUT2D eigenvalue weighted by molar-refractivity contribution is 5.45. The van der Waals surface area contributed by atoms with E-state index in [-0.39, 0.29) is 5.54 Å². The Balaban J connectivity index is 1.91. The third kappa shape index (κ3) is 2.18. The van der Waals surface area contributed by atoms with Crippen molar-refractivity contribution >= 4 is 0 Å². The Labute approximate surface area is 108 Å². The Morgan fingerprint density at radius 3 is 2.72 bits per heavy atom. The number of nitrogens with one attached hydrogen (secondary N) is 2. The quantitative estimate of drug-likeness (QED) is 0.785. The Kier molecular flexibility index (Phi) is 3.14. The lowest BCUT2D eigenvalue weighted by Gasteiger charge is -2.36. The molecule has 1 fully saturated rings. The molecule has 0 aromatic heterocycles. The van der Waals surface area contributed by atoms with Crippen molar-refractivity contribution in [1.82, 2.24) is 10.6 Å². The van der Waals surface area contributed by atoms with E-state index >= 15 is 0 Å². The second-order valence-corrected chi connectivity index (χ2v) is 5.15. The lowest BCUT2D eigenvalue weighted by molar-refractivity contribution is 0.294. The number of benzene rings is 1. The third-order valence-electron chi connectivity index (χ3n) is 3.68. The van der Waals surface area contributed by atoms with Crippen LogP contribution in [0.2, 0.25) is 0 Å². The van der Waals surface area contributed by atoms with Gasteiger partial charge in [0.25, 0.3) is 0 Å². The summed E-state index contributed by atoms with van der Waals surface area (Å²) in [7, 11) is 0. The molecule has 0 amide bonds. The van der Waals surface area contributed by atoms with E-state index in [1.165, 1.54) is 5.56 Å². The van der Waals surface area contributed by atoms with E-state index in [1.54, 1.807) is 0 Å². The highest BCUT2D eigenvalue weighted by Gasteiger charge is 2.29. The summed E-state index contributed by atoms with van der Waals surface area (Å²) in [4.78, 5) is 0. The molecule has 1 unspecified atom stereocenters. The maximum Gasteiger partial charge on any atom is 0.161 e. The van der Waals surface area contributed by atoms with Crippen molar-refractivity contribution in [3.05, 3.63) is 23.8 Å². The lowest BCUT2D eigenvalue weighted by atomic mass is 9.90. The van der Waals surface area contributed by atoms with Gasteiger partial charge in [-0.3, -0.25) is 0 Å². The van der Waals surface area contributed by atoms with Crippen LogP contribution in [0.5, 0.6) is 11.5 Å². The molecule has 98 valence electrons. The van der Waals surface area contributed by atoms with Gasteiger partial charge in [0.2, 0.25) is 0 Å². The number of piperazine rings is 1. The highest BCUT2D eigenvalue weighted by Crippen LogP contribution is 2.34. The number of hydrogen-bond acceptors (Lipinski definition) is 4. The van der Waals surface area contributed by atoms with Crippen molar-refractivity contribution < 1.29 is 9.47 Å². The summed E-state index contributed by atoms with van der Waals surface area (Å²) >= 11 is 0. The molecule has 18 heavy (non-hydrogen) atoms. The van der Waals surface area contributed by atoms with Gasteiger partial charge in [-0.1, -0.05) is 6.07 Å². The van der Waals surface area contributed by atoms with Crippen LogP contribution < -0.4 is 20.1 Å². The van der Waals surface area contributed by atoms with Crippen LogP contribution in [0.15, 0.2) is 18.2 Å².